The number of methoxy groups -OCH3 is 2. The summed E-state index contributed by atoms with van der Waals surface area (Å²) in [6.45, 7) is 4.40. The van der Waals surface area contributed by atoms with Gasteiger partial charge in [0.1, 0.15) is 17.3 Å². The van der Waals surface area contributed by atoms with Crippen molar-refractivity contribution in [2.75, 3.05) is 26.1 Å². The third kappa shape index (κ3) is 2.87. The minimum atomic E-state index is -1.21. The molecule has 0 bridgehead atoms. The molecule has 1 N–H and O–H groups in total. The maximum absolute atomic E-state index is 15.0. The number of nitrogens with one attached hydrogen (secondary N) is 1. The predicted molar refractivity (Wildman–Crippen MR) is 99.9 cm³/mol. The van der Waals surface area contributed by atoms with Gasteiger partial charge in [-0.15, -0.1) is 11.8 Å². The largest absolute Gasteiger partial charge is 0.450 e. The summed E-state index contributed by atoms with van der Waals surface area (Å²) in [5.74, 6) is 2.26. The number of thioether (sulfide) groups is 1. The van der Waals surface area contributed by atoms with E-state index in [2.05, 4.69) is 16.9 Å². The summed E-state index contributed by atoms with van der Waals surface area (Å²) < 4.78 is 31.5. The molecule has 26 heavy (non-hydrogen) atoms. The first-order valence-corrected chi connectivity index (χ1v) is 9.20. The number of halogens is 1. The van der Waals surface area contributed by atoms with Crippen LogP contribution in [-0.2, 0) is 9.47 Å². The average Bonchev–Trinajstić information content (AvgIpc) is 2.95. The van der Waals surface area contributed by atoms with E-state index in [1.807, 2.05) is 24.3 Å². The Bertz CT molecular complexity index is 785. The second kappa shape index (κ2) is 6.94. The molecule has 0 radical (unpaired) electrons. The molecule has 1 aromatic rings. The Balaban J connectivity index is 1.61. The Labute approximate surface area is 155 Å². The third-order valence-electron chi connectivity index (χ3n) is 4.53. The Kier molecular flexibility index (Phi) is 4.64. The van der Waals surface area contributed by atoms with Crippen LogP contribution in [-0.4, -0.2) is 54.5 Å². The van der Waals surface area contributed by atoms with E-state index in [1.165, 1.54) is 18.9 Å². The van der Waals surface area contributed by atoms with Crippen LogP contribution >= 0.6 is 11.8 Å². The SMILES string of the molecule is C=C1N=C2Nc3ccccc3OC2=CN1[C@@H]1S[C@H](COC)C(OC)[C@@H]1F. The van der Waals surface area contributed by atoms with Gasteiger partial charge in [-0.25, -0.2) is 9.38 Å². The number of amidine groups is 1. The van der Waals surface area contributed by atoms with Crippen molar-refractivity contribution in [1.29, 1.82) is 0 Å². The lowest BCUT2D eigenvalue weighted by Gasteiger charge is -2.34. The lowest BCUT2D eigenvalue weighted by molar-refractivity contribution is 0.0148. The molecule has 4 rings (SSSR count). The number of aliphatic imine (C=N–C) groups is 1. The Hall–Kier alpha value is -2.03. The van der Waals surface area contributed by atoms with Crippen molar-refractivity contribution in [3.05, 3.63) is 48.6 Å². The number of fused-ring (bicyclic) bond motifs is 2. The van der Waals surface area contributed by atoms with Crippen LogP contribution in [0.25, 0.3) is 0 Å². The highest BCUT2D eigenvalue weighted by Gasteiger charge is 2.48. The summed E-state index contributed by atoms with van der Waals surface area (Å²) in [4.78, 5) is 6.19. The number of alkyl halides is 1. The first-order valence-electron chi connectivity index (χ1n) is 8.25. The number of hydrogen-bond donors (Lipinski definition) is 1. The summed E-state index contributed by atoms with van der Waals surface area (Å²) in [5.41, 5.74) is 0.836. The molecule has 1 unspecified atom stereocenters. The Morgan fingerprint density at radius 3 is 2.96 bits per heavy atom. The summed E-state index contributed by atoms with van der Waals surface area (Å²) >= 11 is 1.46. The normalized spacial score (nSPS) is 30.0. The van der Waals surface area contributed by atoms with E-state index in [4.69, 9.17) is 14.2 Å². The lowest BCUT2D eigenvalue weighted by Crippen LogP contribution is -2.41. The molecule has 1 saturated heterocycles. The molecule has 6 nitrogen and oxygen atoms in total. The molecule has 0 aromatic heterocycles. The number of rotatable bonds is 4. The van der Waals surface area contributed by atoms with Gasteiger partial charge in [0, 0.05) is 14.2 Å². The van der Waals surface area contributed by atoms with Gasteiger partial charge in [0.2, 0.25) is 0 Å². The monoisotopic (exact) mass is 377 g/mol. The molecule has 3 aliphatic rings. The molecular weight excluding hydrogens is 357 g/mol. The second-order valence-corrected chi connectivity index (χ2v) is 7.53. The van der Waals surface area contributed by atoms with Gasteiger partial charge in [-0.2, -0.15) is 0 Å². The molecule has 0 aliphatic carbocycles. The van der Waals surface area contributed by atoms with Crippen molar-refractivity contribution in [3.8, 4) is 5.75 Å². The maximum Gasteiger partial charge on any atom is 0.186 e. The lowest BCUT2D eigenvalue weighted by atomic mass is 10.1. The fourth-order valence-corrected chi connectivity index (χ4v) is 4.90. The highest BCUT2D eigenvalue weighted by Crippen LogP contribution is 2.43. The third-order valence-corrected chi connectivity index (χ3v) is 6.05. The number of benzene rings is 1. The van der Waals surface area contributed by atoms with E-state index in [0.29, 0.717) is 29.8 Å². The van der Waals surface area contributed by atoms with Gasteiger partial charge >= 0.3 is 0 Å². The van der Waals surface area contributed by atoms with E-state index in [-0.39, 0.29) is 5.25 Å². The van der Waals surface area contributed by atoms with Crippen LogP contribution in [0, 0.1) is 0 Å². The van der Waals surface area contributed by atoms with Crippen molar-refractivity contribution in [3.63, 3.8) is 0 Å². The van der Waals surface area contributed by atoms with E-state index in [0.717, 1.165) is 5.69 Å². The van der Waals surface area contributed by atoms with Gasteiger partial charge in [-0.05, 0) is 12.1 Å². The van der Waals surface area contributed by atoms with Gasteiger partial charge in [0.25, 0.3) is 0 Å². The highest BCUT2D eigenvalue weighted by atomic mass is 32.2. The molecule has 4 atom stereocenters. The summed E-state index contributed by atoms with van der Waals surface area (Å²) in [5, 5.41) is 2.61. The van der Waals surface area contributed by atoms with Crippen LogP contribution in [0.4, 0.5) is 10.1 Å². The summed E-state index contributed by atoms with van der Waals surface area (Å²) in [7, 11) is 3.12. The number of nitrogens with zero attached hydrogens (tertiary/aromatic N) is 2. The number of para-hydroxylation sites is 2. The number of ether oxygens (including phenoxy) is 3. The molecule has 1 fully saturated rings. The van der Waals surface area contributed by atoms with Crippen LogP contribution in [0.1, 0.15) is 0 Å². The number of anilines is 1. The molecule has 3 aliphatic heterocycles. The molecular formula is C18H20FN3O3S. The van der Waals surface area contributed by atoms with Crippen LogP contribution in [0.2, 0.25) is 0 Å². The molecule has 0 saturated carbocycles. The van der Waals surface area contributed by atoms with Crippen molar-refractivity contribution < 1.29 is 18.6 Å². The topological polar surface area (TPSA) is 55.3 Å². The Morgan fingerprint density at radius 1 is 1.38 bits per heavy atom. The molecule has 0 spiro atoms. The fraction of sp³-hybridized carbons (Fsp3) is 0.389. The standard InChI is InChI=1S/C18H20FN3O3S/c1-10-20-17-13(25-12-7-5-4-6-11(12)21-17)8-22(10)18-15(19)16(24-3)14(26-18)9-23-2/h4-8,14-16,18H,1,9H2,2-3H3,(H,20,21)/t14-,15+,16?,18-/m1/s1. The van der Waals surface area contributed by atoms with Gasteiger partial charge < -0.3 is 24.4 Å². The summed E-state index contributed by atoms with van der Waals surface area (Å²) in [6, 6.07) is 7.59. The van der Waals surface area contributed by atoms with Gasteiger partial charge in [0.05, 0.1) is 23.7 Å². The minimum absolute atomic E-state index is 0.104. The zero-order chi connectivity index (χ0) is 18.3. The first kappa shape index (κ1) is 17.4. The van der Waals surface area contributed by atoms with Crippen LogP contribution < -0.4 is 10.1 Å². The molecule has 1 aromatic carbocycles. The van der Waals surface area contributed by atoms with E-state index >= 15 is 4.39 Å². The van der Waals surface area contributed by atoms with E-state index in [1.54, 1.807) is 18.2 Å². The first-order chi connectivity index (χ1) is 12.6. The fourth-order valence-electron chi connectivity index (χ4n) is 3.29. The zero-order valence-electron chi connectivity index (χ0n) is 14.5. The van der Waals surface area contributed by atoms with Crippen molar-refractivity contribution >= 4 is 23.3 Å². The van der Waals surface area contributed by atoms with Crippen molar-refractivity contribution in [1.82, 2.24) is 4.90 Å². The van der Waals surface area contributed by atoms with Crippen molar-refractivity contribution in [2.45, 2.75) is 22.9 Å². The zero-order valence-corrected chi connectivity index (χ0v) is 15.3. The summed E-state index contributed by atoms with van der Waals surface area (Å²) in [6.07, 6.45) is -0.00766. The number of hydrogen-bond acceptors (Lipinski definition) is 7. The molecule has 0 amide bonds. The van der Waals surface area contributed by atoms with Gasteiger partial charge in [0.15, 0.2) is 23.5 Å². The van der Waals surface area contributed by atoms with E-state index in [9.17, 15) is 0 Å². The molecule has 3 heterocycles. The quantitative estimate of drug-likeness (QED) is 0.871. The van der Waals surface area contributed by atoms with Gasteiger partial charge in [-0.3, -0.25) is 0 Å². The van der Waals surface area contributed by atoms with Crippen LogP contribution in [0.3, 0.4) is 0 Å². The van der Waals surface area contributed by atoms with E-state index < -0.39 is 17.6 Å². The smallest absolute Gasteiger partial charge is 0.186 e. The highest BCUT2D eigenvalue weighted by molar-refractivity contribution is 8.00. The minimum Gasteiger partial charge on any atom is -0.450 e. The second-order valence-electron chi connectivity index (χ2n) is 6.17. The molecule has 8 heteroatoms. The van der Waals surface area contributed by atoms with Crippen molar-refractivity contribution in [2.24, 2.45) is 4.99 Å². The average molecular weight is 377 g/mol. The maximum atomic E-state index is 15.0. The van der Waals surface area contributed by atoms with Crippen LogP contribution in [0.5, 0.6) is 5.75 Å². The van der Waals surface area contributed by atoms with Gasteiger partial charge in [-0.1, -0.05) is 18.7 Å². The Morgan fingerprint density at radius 2 is 2.19 bits per heavy atom. The predicted octanol–water partition coefficient (Wildman–Crippen LogP) is 2.96. The molecule has 138 valence electrons. The van der Waals surface area contributed by atoms with Crippen LogP contribution in [0.15, 0.2) is 53.6 Å².